The lowest BCUT2D eigenvalue weighted by atomic mass is 10.1. The predicted molar refractivity (Wildman–Crippen MR) is 73.6 cm³/mol. The SMILES string of the molecule is CCc1ccc(NS(=O)(=O)N2CCCC2)cc1N. The van der Waals surface area contributed by atoms with Crippen LogP contribution in [0.2, 0.25) is 0 Å². The molecule has 1 aromatic carbocycles. The van der Waals surface area contributed by atoms with Crippen molar-refractivity contribution in [1.82, 2.24) is 4.31 Å². The minimum atomic E-state index is -3.42. The van der Waals surface area contributed by atoms with Crippen LogP contribution in [0.5, 0.6) is 0 Å². The third-order valence-electron chi connectivity index (χ3n) is 3.18. The van der Waals surface area contributed by atoms with E-state index in [1.165, 1.54) is 4.31 Å². The first kappa shape index (κ1) is 13.2. The molecule has 0 atom stereocenters. The Hall–Kier alpha value is -1.27. The van der Waals surface area contributed by atoms with E-state index in [2.05, 4.69) is 4.72 Å². The maximum Gasteiger partial charge on any atom is 0.301 e. The first-order valence-electron chi connectivity index (χ1n) is 6.19. The van der Waals surface area contributed by atoms with Crippen molar-refractivity contribution in [2.75, 3.05) is 23.5 Å². The maximum absolute atomic E-state index is 12.0. The van der Waals surface area contributed by atoms with Crippen LogP contribution in [-0.4, -0.2) is 25.8 Å². The molecule has 5 nitrogen and oxygen atoms in total. The van der Waals surface area contributed by atoms with Crippen molar-refractivity contribution in [2.45, 2.75) is 26.2 Å². The number of nitrogen functional groups attached to an aromatic ring is 1. The Morgan fingerprint density at radius 2 is 2.00 bits per heavy atom. The number of benzene rings is 1. The zero-order chi connectivity index (χ0) is 13.2. The Bertz CT molecular complexity index is 522. The summed E-state index contributed by atoms with van der Waals surface area (Å²) in [6.45, 7) is 3.20. The lowest BCUT2D eigenvalue weighted by Crippen LogP contribution is -2.33. The van der Waals surface area contributed by atoms with Gasteiger partial charge in [0, 0.05) is 18.8 Å². The molecule has 6 heteroatoms. The Balaban J connectivity index is 2.16. The number of aryl methyl sites for hydroxylation is 1. The third kappa shape index (κ3) is 2.76. The molecule has 3 N–H and O–H groups in total. The molecular weight excluding hydrogens is 250 g/mol. The largest absolute Gasteiger partial charge is 0.398 e. The highest BCUT2D eigenvalue weighted by atomic mass is 32.2. The average molecular weight is 269 g/mol. The van der Waals surface area contributed by atoms with E-state index in [-0.39, 0.29) is 0 Å². The smallest absolute Gasteiger partial charge is 0.301 e. The molecule has 0 aliphatic carbocycles. The molecule has 18 heavy (non-hydrogen) atoms. The molecule has 1 fully saturated rings. The van der Waals surface area contributed by atoms with Crippen LogP contribution in [0.25, 0.3) is 0 Å². The van der Waals surface area contributed by atoms with E-state index < -0.39 is 10.2 Å². The van der Waals surface area contributed by atoms with E-state index in [1.807, 2.05) is 13.0 Å². The highest BCUT2D eigenvalue weighted by molar-refractivity contribution is 7.90. The number of anilines is 2. The molecule has 100 valence electrons. The quantitative estimate of drug-likeness (QED) is 0.815. The van der Waals surface area contributed by atoms with Crippen molar-refractivity contribution in [1.29, 1.82) is 0 Å². The van der Waals surface area contributed by atoms with Crippen molar-refractivity contribution >= 4 is 21.6 Å². The molecular formula is C12H19N3O2S. The number of rotatable bonds is 4. The summed E-state index contributed by atoms with van der Waals surface area (Å²) in [5.41, 5.74) is 8.03. The third-order valence-corrected chi connectivity index (χ3v) is 4.72. The van der Waals surface area contributed by atoms with Gasteiger partial charge in [-0.3, -0.25) is 4.72 Å². The Morgan fingerprint density at radius 3 is 2.56 bits per heavy atom. The van der Waals surface area contributed by atoms with Crippen molar-refractivity contribution in [3.63, 3.8) is 0 Å². The van der Waals surface area contributed by atoms with E-state index in [0.29, 0.717) is 24.5 Å². The minimum absolute atomic E-state index is 0.525. The summed E-state index contributed by atoms with van der Waals surface area (Å²) >= 11 is 0. The predicted octanol–water partition coefficient (Wildman–Crippen LogP) is 1.58. The van der Waals surface area contributed by atoms with Gasteiger partial charge < -0.3 is 5.73 Å². The maximum atomic E-state index is 12.0. The number of nitrogens with two attached hydrogens (primary N) is 1. The Morgan fingerprint density at radius 1 is 1.33 bits per heavy atom. The second-order valence-corrected chi connectivity index (χ2v) is 6.15. The van der Waals surface area contributed by atoms with Crippen LogP contribution < -0.4 is 10.5 Å². The molecule has 2 rings (SSSR count). The summed E-state index contributed by atoms with van der Waals surface area (Å²) in [5.74, 6) is 0. The lowest BCUT2D eigenvalue weighted by Gasteiger charge is -2.17. The van der Waals surface area contributed by atoms with Crippen LogP contribution in [-0.2, 0) is 16.6 Å². The molecule has 0 unspecified atom stereocenters. The van der Waals surface area contributed by atoms with Gasteiger partial charge in [-0.2, -0.15) is 12.7 Å². The monoisotopic (exact) mass is 269 g/mol. The Kier molecular flexibility index (Phi) is 3.77. The summed E-state index contributed by atoms with van der Waals surface area (Å²) < 4.78 is 28.1. The Labute approximate surface area is 108 Å². The second-order valence-electron chi connectivity index (χ2n) is 4.48. The molecule has 0 aromatic heterocycles. The van der Waals surface area contributed by atoms with Crippen LogP contribution in [0.4, 0.5) is 11.4 Å². The van der Waals surface area contributed by atoms with Crippen molar-refractivity contribution in [3.05, 3.63) is 23.8 Å². The van der Waals surface area contributed by atoms with Crippen molar-refractivity contribution in [3.8, 4) is 0 Å². The van der Waals surface area contributed by atoms with Gasteiger partial charge in [-0.15, -0.1) is 0 Å². The van der Waals surface area contributed by atoms with Gasteiger partial charge in [-0.25, -0.2) is 0 Å². The summed E-state index contributed by atoms with van der Waals surface area (Å²) in [7, 11) is -3.42. The van der Waals surface area contributed by atoms with Gasteiger partial charge in [0.2, 0.25) is 0 Å². The molecule has 1 saturated heterocycles. The first-order chi connectivity index (χ1) is 8.53. The topological polar surface area (TPSA) is 75.4 Å². The van der Waals surface area contributed by atoms with Gasteiger partial charge in [0.1, 0.15) is 0 Å². The second kappa shape index (κ2) is 5.16. The summed E-state index contributed by atoms with van der Waals surface area (Å²) in [5, 5.41) is 0. The van der Waals surface area contributed by atoms with Gasteiger partial charge >= 0.3 is 10.2 Å². The fourth-order valence-electron chi connectivity index (χ4n) is 2.12. The average Bonchev–Trinajstić information content (AvgIpc) is 2.82. The zero-order valence-corrected chi connectivity index (χ0v) is 11.3. The molecule has 0 amide bonds. The van der Waals surface area contributed by atoms with Crippen LogP contribution in [0.15, 0.2) is 18.2 Å². The summed E-state index contributed by atoms with van der Waals surface area (Å²) in [4.78, 5) is 0. The number of nitrogens with one attached hydrogen (secondary N) is 1. The van der Waals surface area contributed by atoms with Crippen LogP contribution in [0, 0.1) is 0 Å². The van der Waals surface area contributed by atoms with Crippen LogP contribution >= 0.6 is 0 Å². The molecule has 1 aromatic rings. The van der Waals surface area contributed by atoms with Crippen molar-refractivity contribution < 1.29 is 8.42 Å². The number of hydrogen-bond acceptors (Lipinski definition) is 3. The van der Waals surface area contributed by atoms with E-state index in [9.17, 15) is 8.42 Å². The fourth-order valence-corrected chi connectivity index (χ4v) is 3.42. The van der Waals surface area contributed by atoms with Crippen molar-refractivity contribution in [2.24, 2.45) is 0 Å². The van der Waals surface area contributed by atoms with E-state index in [0.717, 1.165) is 24.8 Å². The van der Waals surface area contributed by atoms with Gasteiger partial charge in [-0.1, -0.05) is 13.0 Å². The normalized spacial score (nSPS) is 16.9. The van der Waals surface area contributed by atoms with E-state index in [1.54, 1.807) is 12.1 Å². The highest BCUT2D eigenvalue weighted by Crippen LogP contribution is 2.21. The summed E-state index contributed by atoms with van der Waals surface area (Å²) in [6.07, 6.45) is 2.70. The highest BCUT2D eigenvalue weighted by Gasteiger charge is 2.25. The van der Waals surface area contributed by atoms with Crippen LogP contribution in [0.1, 0.15) is 25.3 Å². The number of hydrogen-bond donors (Lipinski definition) is 2. The van der Waals surface area contributed by atoms with E-state index in [4.69, 9.17) is 5.73 Å². The molecule has 0 radical (unpaired) electrons. The number of nitrogens with zero attached hydrogens (tertiary/aromatic N) is 1. The molecule has 1 aliphatic heterocycles. The standard InChI is InChI=1S/C12H19N3O2S/c1-2-10-5-6-11(9-12(10)13)14-18(16,17)15-7-3-4-8-15/h5-6,9,14H,2-4,7-8,13H2,1H3. The fraction of sp³-hybridized carbons (Fsp3) is 0.500. The van der Waals surface area contributed by atoms with Gasteiger partial charge in [0.25, 0.3) is 0 Å². The molecule has 1 heterocycles. The van der Waals surface area contributed by atoms with Gasteiger partial charge in [-0.05, 0) is 37.0 Å². The minimum Gasteiger partial charge on any atom is -0.398 e. The molecule has 0 bridgehead atoms. The zero-order valence-electron chi connectivity index (χ0n) is 10.5. The van der Waals surface area contributed by atoms with Gasteiger partial charge in [0.05, 0.1) is 5.69 Å². The van der Waals surface area contributed by atoms with Gasteiger partial charge in [0.15, 0.2) is 0 Å². The molecule has 0 spiro atoms. The molecule has 1 aliphatic rings. The molecule has 0 saturated carbocycles. The summed E-state index contributed by atoms with van der Waals surface area (Å²) in [6, 6.07) is 5.28. The van der Waals surface area contributed by atoms with Crippen LogP contribution in [0.3, 0.4) is 0 Å². The van der Waals surface area contributed by atoms with E-state index >= 15 is 0 Å². The lowest BCUT2D eigenvalue weighted by molar-refractivity contribution is 0.482. The first-order valence-corrected chi connectivity index (χ1v) is 7.63.